The van der Waals surface area contributed by atoms with E-state index in [1.165, 1.54) is 0 Å². The number of ether oxygens (including phenoxy) is 1. The van der Waals surface area contributed by atoms with Gasteiger partial charge >= 0.3 is 0 Å². The van der Waals surface area contributed by atoms with Crippen LogP contribution >= 0.6 is 0 Å². The van der Waals surface area contributed by atoms with Crippen LogP contribution in [0.1, 0.15) is 68.7 Å². The van der Waals surface area contributed by atoms with Crippen LogP contribution in [0.2, 0.25) is 0 Å². The minimum absolute atomic E-state index is 0.130. The summed E-state index contributed by atoms with van der Waals surface area (Å²) in [4.78, 5) is 30.6. The molecule has 0 saturated carbocycles. The number of amides is 1. The number of ketones is 1. The number of methoxy groups -OCH3 is 1. The fourth-order valence-corrected chi connectivity index (χ4v) is 4.70. The summed E-state index contributed by atoms with van der Waals surface area (Å²) in [5, 5.41) is 11.2. The topological polar surface area (TPSA) is 70.1 Å². The van der Waals surface area contributed by atoms with E-state index in [1.54, 1.807) is 24.1 Å². The van der Waals surface area contributed by atoms with E-state index < -0.39 is 17.7 Å². The number of benzene rings is 2. The molecule has 0 radical (unpaired) electrons. The van der Waals surface area contributed by atoms with Crippen molar-refractivity contribution in [1.29, 1.82) is 0 Å². The summed E-state index contributed by atoms with van der Waals surface area (Å²) in [5.41, 5.74) is 2.45. The lowest BCUT2D eigenvalue weighted by Gasteiger charge is -2.27. The van der Waals surface area contributed by atoms with Gasteiger partial charge in [-0.2, -0.15) is 0 Å². The Morgan fingerprint density at radius 1 is 0.972 bits per heavy atom. The van der Waals surface area contributed by atoms with Crippen molar-refractivity contribution in [2.24, 2.45) is 0 Å². The standard InChI is InChI=1S/C30H40N2O4/c1-5-7-17-31(18-8-6-2)19-10-20-32-27(24-11-9-12-25(21-24)36-4)26(29(34)30(32)35)28(33)23-15-13-22(3)14-16-23/h9,11-16,21,27,33H,5-8,10,17-20H2,1-4H3/t27-/m0/s1. The molecular formula is C30H40N2O4. The summed E-state index contributed by atoms with van der Waals surface area (Å²) in [5.74, 6) is -0.713. The number of nitrogens with zero attached hydrogens (tertiary/aromatic N) is 2. The van der Waals surface area contributed by atoms with Crippen LogP contribution in [0.25, 0.3) is 5.76 Å². The largest absolute Gasteiger partial charge is 0.507 e. The van der Waals surface area contributed by atoms with Gasteiger partial charge in [0.05, 0.1) is 18.7 Å². The summed E-state index contributed by atoms with van der Waals surface area (Å²) >= 11 is 0. The van der Waals surface area contributed by atoms with Crippen LogP contribution in [0, 0.1) is 6.92 Å². The zero-order chi connectivity index (χ0) is 26.1. The van der Waals surface area contributed by atoms with Gasteiger partial charge in [-0.3, -0.25) is 9.59 Å². The van der Waals surface area contributed by atoms with E-state index in [-0.39, 0.29) is 11.3 Å². The first kappa shape index (κ1) is 27.5. The highest BCUT2D eigenvalue weighted by molar-refractivity contribution is 6.46. The normalized spacial score (nSPS) is 17.2. The number of hydrogen-bond acceptors (Lipinski definition) is 5. The second-order valence-corrected chi connectivity index (χ2v) is 9.54. The zero-order valence-corrected chi connectivity index (χ0v) is 22.1. The molecule has 2 aromatic carbocycles. The number of carbonyl (C=O) groups is 2. The Hall–Kier alpha value is -3.12. The van der Waals surface area contributed by atoms with Crippen molar-refractivity contribution in [3.63, 3.8) is 0 Å². The van der Waals surface area contributed by atoms with Crippen LogP contribution in [0.5, 0.6) is 5.75 Å². The fraction of sp³-hybridized carbons (Fsp3) is 0.467. The van der Waals surface area contributed by atoms with Crippen molar-refractivity contribution in [3.05, 3.63) is 70.8 Å². The van der Waals surface area contributed by atoms with Gasteiger partial charge in [-0.25, -0.2) is 0 Å². The van der Waals surface area contributed by atoms with Crippen molar-refractivity contribution < 1.29 is 19.4 Å². The van der Waals surface area contributed by atoms with Gasteiger partial charge in [-0.05, 0) is 63.5 Å². The number of likely N-dealkylation sites (tertiary alicyclic amines) is 1. The number of Topliss-reactive ketones (excluding diaryl/α,β-unsaturated/α-hetero) is 1. The Labute approximate surface area is 215 Å². The summed E-state index contributed by atoms with van der Waals surface area (Å²) in [6, 6.07) is 14.0. The van der Waals surface area contributed by atoms with E-state index in [9.17, 15) is 14.7 Å². The van der Waals surface area contributed by atoms with Crippen molar-refractivity contribution in [3.8, 4) is 5.75 Å². The third kappa shape index (κ3) is 6.55. The molecule has 1 saturated heterocycles. The average Bonchev–Trinajstić information content (AvgIpc) is 3.15. The predicted octanol–water partition coefficient (Wildman–Crippen LogP) is 5.72. The van der Waals surface area contributed by atoms with Crippen LogP contribution < -0.4 is 4.74 Å². The van der Waals surface area contributed by atoms with Crippen molar-refractivity contribution in [2.45, 2.75) is 58.9 Å². The van der Waals surface area contributed by atoms with Gasteiger partial charge in [0.1, 0.15) is 11.5 Å². The average molecular weight is 493 g/mol. The second-order valence-electron chi connectivity index (χ2n) is 9.54. The molecule has 0 aromatic heterocycles. The van der Waals surface area contributed by atoms with Crippen LogP contribution in [0.4, 0.5) is 0 Å². The first-order valence-corrected chi connectivity index (χ1v) is 13.1. The Morgan fingerprint density at radius 2 is 1.61 bits per heavy atom. The molecule has 1 fully saturated rings. The minimum atomic E-state index is -0.666. The summed E-state index contributed by atoms with van der Waals surface area (Å²) in [6.45, 7) is 9.74. The molecule has 0 bridgehead atoms. The number of aliphatic hydroxyl groups is 1. The third-order valence-corrected chi connectivity index (χ3v) is 6.80. The molecule has 1 N–H and O–H groups in total. The molecule has 1 aliphatic heterocycles. The molecule has 1 heterocycles. The van der Waals surface area contributed by atoms with E-state index in [1.807, 2.05) is 43.3 Å². The lowest BCUT2D eigenvalue weighted by molar-refractivity contribution is -0.140. The first-order valence-electron chi connectivity index (χ1n) is 13.1. The minimum Gasteiger partial charge on any atom is -0.507 e. The lowest BCUT2D eigenvalue weighted by atomic mass is 9.95. The zero-order valence-electron chi connectivity index (χ0n) is 22.1. The number of aryl methyl sites for hydroxylation is 1. The lowest BCUT2D eigenvalue weighted by Crippen LogP contribution is -2.34. The first-order chi connectivity index (χ1) is 17.4. The van der Waals surface area contributed by atoms with E-state index in [4.69, 9.17) is 4.74 Å². The Bertz CT molecular complexity index is 1050. The molecule has 1 aliphatic rings. The molecule has 6 nitrogen and oxygen atoms in total. The number of hydrogen-bond donors (Lipinski definition) is 1. The fourth-order valence-electron chi connectivity index (χ4n) is 4.70. The maximum atomic E-state index is 13.3. The molecule has 1 amide bonds. The van der Waals surface area contributed by atoms with Gasteiger partial charge in [-0.15, -0.1) is 0 Å². The third-order valence-electron chi connectivity index (χ3n) is 6.80. The van der Waals surface area contributed by atoms with Crippen LogP contribution in [-0.4, -0.2) is 59.9 Å². The molecule has 6 heteroatoms. The van der Waals surface area contributed by atoms with Crippen molar-refractivity contribution >= 4 is 17.4 Å². The summed E-state index contributed by atoms with van der Waals surface area (Å²) in [6.07, 6.45) is 5.34. The summed E-state index contributed by atoms with van der Waals surface area (Å²) < 4.78 is 5.41. The molecule has 0 spiro atoms. The number of rotatable bonds is 13. The van der Waals surface area contributed by atoms with E-state index in [0.29, 0.717) is 17.9 Å². The van der Waals surface area contributed by atoms with Gasteiger partial charge < -0.3 is 19.6 Å². The highest BCUT2D eigenvalue weighted by Gasteiger charge is 2.45. The highest BCUT2D eigenvalue weighted by atomic mass is 16.5. The molecule has 3 rings (SSSR count). The summed E-state index contributed by atoms with van der Waals surface area (Å²) in [7, 11) is 1.59. The number of aliphatic hydroxyl groups excluding tert-OH is 1. The van der Waals surface area contributed by atoms with Crippen LogP contribution in [0.15, 0.2) is 54.1 Å². The number of unbranched alkanes of at least 4 members (excludes halogenated alkanes) is 2. The van der Waals surface area contributed by atoms with Gasteiger partial charge in [-0.1, -0.05) is 68.7 Å². The maximum absolute atomic E-state index is 13.3. The number of carbonyl (C=O) groups excluding carboxylic acids is 2. The molecule has 0 unspecified atom stereocenters. The van der Waals surface area contributed by atoms with Crippen LogP contribution in [0.3, 0.4) is 0 Å². The Balaban J connectivity index is 1.93. The Kier molecular flexibility index (Phi) is 10.1. The molecule has 0 aliphatic carbocycles. The van der Waals surface area contributed by atoms with Gasteiger partial charge in [0.15, 0.2) is 0 Å². The van der Waals surface area contributed by atoms with Crippen molar-refractivity contribution in [1.82, 2.24) is 9.80 Å². The van der Waals surface area contributed by atoms with Gasteiger partial charge in [0.25, 0.3) is 11.7 Å². The van der Waals surface area contributed by atoms with Crippen molar-refractivity contribution in [2.75, 3.05) is 33.3 Å². The smallest absolute Gasteiger partial charge is 0.295 e. The van der Waals surface area contributed by atoms with E-state index >= 15 is 0 Å². The quantitative estimate of drug-likeness (QED) is 0.220. The van der Waals surface area contributed by atoms with Gasteiger partial charge in [0.2, 0.25) is 0 Å². The SMILES string of the molecule is CCCCN(CCCC)CCCN1C(=O)C(=O)C(=C(O)c2ccc(C)cc2)[C@@H]1c1cccc(OC)c1. The van der Waals surface area contributed by atoms with E-state index in [2.05, 4.69) is 18.7 Å². The van der Waals surface area contributed by atoms with Crippen LogP contribution in [-0.2, 0) is 9.59 Å². The molecule has 36 heavy (non-hydrogen) atoms. The monoisotopic (exact) mass is 492 g/mol. The molecular weight excluding hydrogens is 452 g/mol. The van der Waals surface area contributed by atoms with E-state index in [0.717, 1.165) is 62.9 Å². The second kappa shape index (κ2) is 13.3. The molecule has 194 valence electrons. The predicted molar refractivity (Wildman–Crippen MR) is 144 cm³/mol. The Morgan fingerprint density at radius 3 is 2.22 bits per heavy atom. The highest BCUT2D eigenvalue weighted by Crippen LogP contribution is 2.40. The molecule has 2 aromatic rings. The van der Waals surface area contributed by atoms with Gasteiger partial charge in [0, 0.05) is 12.1 Å². The molecule has 1 atom stereocenters. The maximum Gasteiger partial charge on any atom is 0.295 e.